The molecular formula is C25H20N4O3. The van der Waals surface area contributed by atoms with Crippen LogP contribution in [0.2, 0.25) is 0 Å². The maximum atomic E-state index is 13.1. The molecule has 32 heavy (non-hydrogen) atoms. The molecule has 0 saturated heterocycles. The second-order valence-electron chi connectivity index (χ2n) is 7.29. The number of nitrogens with zero attached hydrogens (tertiary/aromatic N) is 4. The van der Waals surface area contributed by atoms with E-state index in [9.17, 15) is 20.3 Å². The second-order valence-corrected chi connectivity index (χ2v) is 7.29. The highest BCUT2D eigenvalue weighted by atomic mass is 16.3. The number of phenolic OH excluding ortho intramolecular Hbond substituents is 2. The van der Waals surface area contributed by atoms with Gasteiger partial charge in [0, 0.05) is 25.2 Å². The van der Waals surface area contributed by atoms with Crippen LogP contribution in [0.1, 0.15) is 21.5 Å². The summed E-state index contributed by atoms with van der Waals surface area (Å²) >= 11 is 0. The van der Waals surface area contributed by atoms with Crippen LogP contribution in [-0.4, -0.2) is 37.8 Å². The van der Waals surface area contributed by atoms with Gasteiger partial charge in [-0.25, -0.2) is 4.68 Å². The third kappa shape index (κ3) is 3.89. The fourth-order valence-electron chi connectivity index (χ4n) is 3.54. The van der Waals surface area contributed by atoms with E-state index in [-0.39, 0.29) is 17.1 Å². The van der Waals surface area contributed by atoms with Crippen LogP contribution in [0.5, 0.6) is 11.5 Å². The van der Waals surface area contributed by atoms with Crippen molar-refractivity contribution in [2.24, 2.45) is 0 Å². The van der Waals surface area contributed by atoms with Gasteiger partial charge >= 0.3 is 0 Å². The summed E-state index contributed by atoms with van der Waals surface area (Å²) in [6, 6.07) is 22.8. The molecule has 0 radical (unpaired) electrons. The topological polar surface area (TPSA) is 102 Å². The van der Waals surface area contributed by atoms with Crippen LogP contribution in [-0.2, 0) is 6.54 Å². The Morgan fingerprint density at radius 2 is 1.75 bits per heavy atom. The Bertz CT molecular complexity index is 1320. The van der Waals surface area contributed by atoms with E-state index in [0.29, 0.717) is 29.1 Å². The van der Waals surface area contributed by atoms with E-state index < -0.39 is 5.91 Å². The van der Waals surface area contributed by atoms with Crippen LogP contribution in [0.15, 0.2) is 79.0 Å². The smallest absolute Gasteiger partial charge is 0.257 e. The van der Waals surface area contributed by atoms with Gasteiger partial charge in [-0.1, -0.05) is 42.5 Å². The number of aromatic hydroxyl groups is 2. The first-order chi connectivity index (χ1) is 15.5. The largest absolute Gasteiger partial charge is 0.507 e. The normalized spacial score (nSPS) is 10.5. The lowest BCUT2D eigenvalue weighted by atomic mass is 10.0. The Kier molecular flexibility index (Phi) is 5.60. The molecule has 0 fully saturated rings. The third-order valence-corrected chi connectivity index (χ3v) is 5.13. The predicted octanol–water partition coefficient (Wildman–Crippen LogP) is 4.09. The number of phenols is 2. The fraction of sp³-hybridized carbons (Fsp3) is 0.0800. The van der Waals surface area contributed by atoms with Gasteiger partial charge in [-0.3, -0.25) is 4.79 Å². The van der Waals surface area contributed by atoms with Crippen molar-refractivity contribution in [3.8, 4) is 34.5 Å². The Morgan fingerprint density at radius 3 is 2.50 bits per heavy atom. The molecule has 0 aliphatic carbocycles. The summed E-state index contributed by atoms with van der Waals surface area (Å²) in [5, 5.41) is 34.7. The number of carbonyl (C=O) groups excluding carboxylic acids is 1. The second kappa shape index (κ2) is 8.66. The lowest BCUT2D eigenvalue weighted by molar-refractivity contribution is 0.0782. The molecule has 0 bridgehead atoms. The number of nitriles is 1. The van der Waals surface area contributed by atoms with Crippen LogP contribution in [0.25, 0.3) is 16.9 Å². The molecule has 4 rings (SSSR count). The van der Waals surface area contributed by atoms with Gasteiger partial charge in [-0.05, 0) is 29.8 Å². The van der Waals surface area contributed by atoms with E-state index in [4.69, 9.17) is 0 Å². The maximum Gasteiger partial charge on any atom is 0.257 e. The van der Waals surface area contributed by atoms with Gasteiger partial charge in [0.25, 0.3) is 5.91 Å². The zero-order valence-electron chi connectivity index (χ0n) is 17.3. The molecule has 7 nitrogen and oxygen atoms in total. The predicted molar refractivity (Wildman–Crippen MR) is 119 cm³/mol. The lowest BCUT2D eigenvalue weighted by Crippen LogP contribution is -2.26. The number of rotatable bonds is 5. The van der Waals surface area contributed by atoms with E-state index in [0.717, 1.165) is 11.6 Å². The van der Waals surface area contributed by atoms with Crippen LogP contribution < -0.4 is 0 Å². The zero-order chi connectivity index (χ0) is 22.7. The number of carbonyl (C=O) groups is 1. The number of hydrogen-bond acceptors (Lipinski definition) is 5. The molecule has 0 atom stereocenters. The molecule has 0 aliphatic rings. The Morgan fingerprint density at radius 1 is 1.03 bits per heavy atom. The highest BCUT2D eigenvalue weighted by Crippen LogP contribution is 2.36. The average Bonchev–Trinajstić information content (AvgIpc) is 3.28. The number of amides is 1. The van der Waals surface area contributed by atoms with Gasteiger partial charge in [0.1, 0.15) is 17.6 Å². The van der Waals surface area contributed by atoms with Crippen molar-refractivity contribution in [3.05, 3.63) is 95.7 Å². The molecule has 1 heterocycles. The van der Waals surface area contributed by atoms with E-state index in [1.807, 2.05) is 30.3 Å². The molecular weight excluding hydrogens is 404 g/mol. The Labute approximate surface area is 185 Å². The van der Waals surface area contributed by atoms with Crippen LogP contribution >= 0.6 is 0 Å². The highest BCUT2D eigenvalue weighted by Gasteiger charge is 2.22. The fourth-order valence-corrected chi connectivity index (χ4v) is 3.54. The van der Waals surface area contributed by atoms with Gasteiger partial charge < -0.3 is 15.1 Å². The minimum absolute atomic E-state index is 0.0533. The SMILES string of the molecule is CN(Cc1ccccc1)C(=O)c1cc(-c2ccnn2-c2ccccc2C#N)c(O)cc1O. The van der Waals surface area contributed by atoms with Gasteiger partial charge in [-0.2, -0.15) is 10.4 Å². The summed E-state index contributed by atoms with van der Waals surface area (Å²) in [6.07, 6.45) is 1.54. The highest BCUT2D eigenvalue weighted by molar-refractivity contribution is 5.98. The van der Waals surface area contributed by atoms with Crippen molar-refractivity contribution < 1.29 is 15.0 Å². The number of para-hydroxylation sites is 1. The lowest BCUT2D eigenvalue weighted by Gasteiger charge is -2.19. The molecule has 2 N–H and O–H groups in total. The molecule has 3 aromatic carbocycles. The minimum Gasteiger partial charge on any atom is -0.507 e. The Hall–Kier alpha value is -4.57. The van der Waals surface area contributed by atoms with Crippen molar-refractivity contribution in [2.75, 3.05) is 7.05 Å². The van der Waals surface area contributed by atoms with Gasteiger partial charge in [-0.15, -0.1) is 0 Å². The van der Waals surface area contributed by atoms with Crippen LogP contribution in [0.3, 0.4) is 0 Å². The summed E-state index contributed by atoms with van der Waals surface area (Å²) in [4.78, 5) is 14.6. The first kappa shape index (κ1) is 20.7. The van der Waals surface area contributed by atoms with Gasteiger partial charge in [0.05, 0.1) is 28.7 Å². The average molecular weight is 424 g/mol. The third-order valence-electron chi connectivity index (χ3n) is 5.13. The Balaban J connectivity index is 1.74. The quantitative estimate of drug-likeness (QED) is 0.502. The maximum absolute atomic E-state index is 13.1. The standard InChI is InChI=1S/C25H20N4O3/c1-28(16-17-7-3-2-4-8-17)25(32)20-13-19(23(30)14-24(20)31)22-11-12-27-29(22)21-10-6-5-9-18(21)15-26/h2-14,30-31H,16H2,1H3. The van der Waals surface area contributed by atoms with Crippen molar-refractivity contribution >= 4 is 5.91 Å². The van der Waals surface area contributed by atoms with Crippen LogP contribution in [0.4, 0.5) is 0 Å². The molecule has 158 valence electrons. The summed E-state index contributed by atoms with van der Waals surface area (Å²) in [5.41, 5.74) is 2.74. The van der Waals surface area contributed by atoms with E-state index in [1.165, 1.54) is 15.6 Å². The van der Waals surface area contributed by atoms with Crippen LogP contribution in [0, 0.1) is 11.3 Å². The molecule has 1 amide bonds. The van der Waals surface area contributed by atoms with Crippen molar-refractivity contribution in [1.29, 1.82) is 5.26 Å². The van der Waals surface area contributed by atoms with Gasteiger partial charge in [0.2, 0.25) is 0 Å². The molecule has 0 unspecified atom stereocenters. The molecule has 0 saturated carbocycles. The molecule has 1 aromatic heterocycles. The summed E-state index contributed by atoms with van der Waals surface area (Å²) in [6.45, 7) is 0.364. The number of aromatic nitrogens is 2. The molecule has 4 aromatic rings. The van der Waals surface area contributed by atoms with Gasteiger partial charge in [0.15, 0.2) is 0 Å². The van der Waals surface area contributed by atoms with E-state index in [1.54, 1.807) is 43.6 Å². The van der Waals surface area contributed by atoms with E-state index in [2.05, 4.69) is 11.2 Å². The van der Waals surface area contributed by atoms with Crippen molar-refractivity contribution in [1.82, 2.24) is 14.7 Å². The summed E-state index contributed by atoms with van der Waals surface area (Å²) in [5.74, 6) is -0.920. The minimum atomic E-state index is -0.393. The van der Waals surface area contributed by atoms with E-state index >= 15 is 0 Å². The molecule has 0 spiro atoms. The summed E-state index contributed by atoms with van der Waals surface area (Å²) < 4.78 is 1.52. The monoisotopic (exact) mass is 424 g/mol. The van der Waals surface area contributed by atoms with Crippen molar-refractivity contribution in [2.45, 2.75) is 6.54 Å². The number of hydrogen-bond donors (Lipinski definition) is 2. The summed E-state index contributed by atoms with van der Waals surface area (Å²) in [7, 11) is 1.65. The first-order valence-electron chi connectivity index (χ1n) is 9.89. The zero-order valence-corrected chi connectivity index (χ0v) is 17.3. The number of benzene rings is 3. The van der Waals surface area contributed by atoms with Crippen molar-refractivity contribution in [3.63, 3.8) is 0 Å². The molecule has 7 heteroatoms. The first-order valence-corrected chi connectivity index (χ1v) is 9.89. The molecule has 0 aliphatic heterocycles.